The summed E-state index contributed by atoms with van der Waals surface area (Å²) in [6.07, 6.45) is 0. The number of nitrogens with zero attached hydrogens (tertiary/aromatic N) is 2. The molecule has 1 heterocycles. The standard InChI is InChI=1S/C18H17ClFN3O/c1-18(2,3)23-15-7-5-4-6-14(15)21-17(23)22-16(24)12-9-8-11(20)10-13(12)19/h4-10H,1-3H3,(H,21,22,24). The lowest BCUT2D eigenvalue weighted by molar-refractivity contribution is 0.102. The SMILES string of the molecule is CC(C)(C)n1c(NC(=O)c2ccc(F)cc2Cl)nc2ccccc21. The van der Waals surface area contributed by atoms with E-state index in [1.807, 2.05) is 49.6 Å². The third kappa shape index (κ3) is 2.99. The molecule has 0 spiro atoms. The van der Waals surface area contributed by atoms with Crippen molar-refractivity contribution in [3.63, 3.8) is 0 Å². The monoisotopic (exact) mass is 345 g/mol. The first kappa shape index (κ1) is 16.5. The highest BCUT2D eigenvalue weighted by Gasteiger charge is 2.23. The van der Waals surface area contributed by atoms with E-state index in [0.717, 1.165) is 17.1 Å². The summed E-state index contributed by atoms with van der Waals surface area (Å²) in [5.74, 6) is -0.492. The predicted octanol–water partition coefficient (Wildman–Crippen LogP) is 4.84. The highest BCUT2D eigenvalue weighted by molar-refractivity contribution is 6.34. The summed E-state index contributed by atoms with van der Waals surface area (Å²) in [6.45, 7) is 6.09. The Labute approximate surface area is 144 Å². The molecule has 0 unspecified atom stereocenters. The fourth-order valence-corrected chi connectivity index (χ4v) is 2.88. The molecule has 4 nitrogen and oxygen atoms in total. The zero-order chi connectivity index (χ0) is 17.5. The molecule has 0 fully saturated rings. The van der Waals surface area contributed by atoms with Crippen LogP contribution in [0.5, 0.6) is 0 Å². The van der Waals surface area contributed by atoms with Gasteiger partial charge in [-0.1, -0.05) is 23.7 Å². The first-order valence-electron chi connectivity index (χ1n) is 7.52. The van der Waals surface area contributed by atoms with E-state index < -0.39 is 11.7 Å². The molecule has 0 bridgehead atoms. The average Bonchev–Trinajstić information content (AvgIpc) is 2.84. The summed E-state index contributed by atoms with van der Waals surface area (Å²) in [7, 11) is 0. The number of fused-ring (bicyclic) bond motifs is 1. The number of imidazole rings is 1. The van der Waals surface area contributed by atoms with Crippen molar-refractivity contribution in [2.24, 2.45) is 0 Å². The molecule has 3 aromatic rings. The second-order valence-electron chi connectivity index (χ2n) is 6.51. The predicted molar refractivity (Wildman–Crippen MR) is 94.1 cm³/mol. The second-order valence-corrected chi connectivity index (χ2v) is 6.92. The topological polar surface area (TPSA) is 46.9 Å². The van der Waals surface area contributed by atoms with Gasteiger partial charge in [0.2, 0.25) is 5.95 Å². The van der Waals surface area contributed by atoms with Crippen LogP contribution in [0.15, 0.2) is 42.5 Å². The van der Waals surface area contributed by atoms with Crippen LogP contribution in [0.2, 0.25) is 5.02 Å². The van der Waals surface area contributed by atoms with E-state index in [1.165, 1.54) is 12.1 Å². The molecule has 1 aromatic heterocycles. The molecule has 0 saturated carbocycles. The van der Waals surface area contributed by atoms with Gasteiger partial charge in [-0.25, -0.2) is 9.37 Å². The maximum atomic E-state index is 13.2. The van der Waals surface area contributed by atoms with Crippen molar-refractivity contribution in [2.45, 2.75) is 26.3 Å². The van der Waals surface area contributed by atoms with Crippen molar-refractivity contribution in [1.29, 1.82) is 0 Å². The highest BCUT2D eigenvalue weighted by atomic mass is 35.5. The maximum Gasteiger partial charge on any atom is 0.259 e. The van der Waals surface area contributed by atoms with Crippen LogP contribution >= 0.6 is 11.6 Å². The van der Waals surface area contributed by atoms with Crippen LogP contribution in [0.25, 0.3) is 11.0 Å². The van der Waals surface area contributed by atoms with Crippen LogP contribution in [0.1, 0.15) is 31.1 Å². The number of anilines is 1. The van der Waals surface area contributed by atoms with E-state index in [1.54, 1.807) is 0 Å². The number of rotatable bonds is 2. The quantitative estimate of drug-likeness (QED) is 0.722. The van der Waals surface area contributed by atoms with Crippen LogP contribution in [-0.2, 0) is 5.54 Å². The lowest BCUT2D eigenvalue weighted by Crippen LogP contribution is -2.26. The average molecular weight is 346 g/mol. The number of nitrogens with one attached hydrogen (secondary N) is 1. The van der Waals surface area contributed by atoms with Gasteiger partial charge in [-0.15, -0.1) is 0 Å². The van der Waals surface area contributed by atoms with Crippen LogP contribution in [0.3, 0.4) is 0 Å². The van der Waals surface area contributed by atoms with Gasteiger partial charge in [0.25, 0.3) is 5.91 Å². The molecule has 0 aliphatic rings. The number of hydrogen-bond acceptors (Lipinski definition) is 2. The number of carbonyl (C=O) groups is 1. The minimum atomic E-state index is -0.488. The lowest BCUT2D eigenvalue weighted by Gasteiger charge is -2.24. The van der Waals surface area contributed by atoms with Crippen LogP contribution in [0.4, 0.5) is 10.3 Å². The molecule has 0 saturated heterocycles. The first-order valence-corrected chi connectivity index (χ1v) is 7.89. The summed E-state index contributed by atoms with van der Waals surface area (Å²) in [5.41, 5.74) is 1.62. The Morgan fingerprint density at radius 3 is 2.58 bits per heavy atom. The minimum Gasteiger partial charge on any atom is -0.305 e. The van der Waals surface area contributed by atoms with Gasteiger partial charge in [0.05, 0.1) is 21.6 Å². The Morgan fingerprint density at radius 2 is 1.92 bits per heavy atom. The number of para-hydroxylation sites is 2. The van der Waals surface area contributed by atoms with E-state index in [9.17, 15) is 9.18 Å². The molecule has 0 aliphatic carbocycles. The zero-order valence-electron chi connectivity index (χ0n) is 13.6. The van der Waals surface area contributed by atoms with Crippen molar-refractivity contribution in [3.8, 4) is 0 Å². The number of aromatic nitrogens is 2. The molecule has 3 rings (SSSR count). The molecule has 1 N–H and O–H groups in total. The van der Waals surface area contributed by atoms with Crippen LogP contribution in [0, 0.1) is 5.82 Å². The summed E-state index contributed by atoms with van der Waals surface area (Å²) in [6, 6.07) is 11.3. The molecule has 6 heteroatoms. The van der Waals surface area contributed by atoms with E-state index >= 15 is 0 Å². The fourth-order valence-electron chi connectivity index (χ4n) is 2.63. The number of benzene rings is 2. The first-order chi connectivity index (χ1) is 11.3. The molecule has 0 radical (unpaired) electrons. The van der Waals surface area contributed by atoms with E-state index in [2.05, 4.69) is 10.3 Å². The van der Waals surface area contributed by atoms with Gasteiger partial charge in [0.1, 0.15) is 5.82 Å². The van der Waals surface area contributed by atoms with Crippen molar-refractivity contribution in [2.75, 3.05) is 5.32 Å². The molecule has 124 valence electrons. The van der Waals surface area contributed by atoms with Crippen molar-refractivity contribution < 1.29 is 9.18 Å². The van der Waals surface area contributed by atoms with Gasteiger partial charge >= 0.3 is 0 Å². The van der Waals surface area contributed by atoms with Crippen molar-refractivity contribution in [3.05, 3.63) is 58.9 Å². The Bertz CT molecular complexity index is 928. The normalized spacial score (nSPS) is 11.7. The van der Waals surface area contributed by atoms with E-state index in [4.69, 9.17) is 11.6 Å². The number of hydrogen-bond donors (Lipinski definition) is 1. The summed E-state index contributed by atoms with van der Waals surface area (Å²) >= 11 is 5.97. The van der Waals surface area contributed by atoms with Gasteiger partial charge < -0.3 is 4.57 Å². The molecular weight excluding hydrogens is 329 g/mol. The summed E-state index contributed by atoms with van der Waals surface area (Å²) in [4.78, 5) is 17.0. The lowest BCUT2D eigenvalue weighted by atomic mass is 10.1. The zero-order valence-corrected chi connectivity index (χ0v) is 14.4. The second kappa shape index (κ2) is 5.91. The van der Waals surface area contributed by atoms with E-state index in [0.29, 0.717) is 5.95 Å². The Balaban J connectivity index is 2.05. The van der Waals surface area contributed by atoms with Gasteiger partial charge in [0.15, 0.2) is 0 Å². The van der Waals surface area contributed by atoms with Gasteiger partial charge in [-0.3, -0.25) is 10.1 Å². The molecule has 2 aromatic carbocycles. The molecule has 0 aliphatic heterocycles. The summed E-state index contributed by atoms with van der Waals surface area (Å²) < 4.78 is 15.1. The Kier molecular flexibility index (Phi) is 4.05. The van der Waals surface area contributed by atoms with Crippen molar-refractivity contribution in [1.82, 2.24) is 9.55 Å². The molecule has 24 heavy (non-hydrogen) atoms. The minimum absolute atomic E-state index is 0.0610. The van der Waals surface area contributed by atoms with E-state index in [-0.39, 0.29) is 16.1 Å². The maximum absolute atomic E-state index is 13.2. The summed E-state index contributed by atoms with van der Waals surface area (Å²) in [5, 5.41) is 2.85. The highest BCUT2D eigenvalue weighted by Crippen LogP contribution is 2.28. The smallest absolute Gasteiger partial charge is 0.259 e. The largest absolute Gasteiger partial charge is 0.305 e. The Hall–Kier alpha value is -2.40. The van der Waals surface area contributed by atoms with Crippen LogP contribution in [-0.4, -0.2) is 15.5 Å². The molecule has 1 amide bonds. The third-order valence-electron chi connectivity index (χ3n) is 3.63. The van der Waals surface area contributed by atoms with Crippen molar-refractivity contribution >= 4 is 34.5 Å². The number of halogens is 2. The molecule has 0 atom stereocenters. The fraction of sp³-hybridized carbons (Fsp3) is 0.222. The van der Waals surface area contributed by atoms with Gasteiger partial charge in [-0.05, 0) is 51.1 Å². The Morgan fingerprint density at radius 1 is 1.21 bits per heavy atom. The van der Waals surface area contributed by atoms with Crippen LogP contribution < -0.4 is 5.32 Å². The third-order valence-corrected chi connectivity index (χ3v) is 3.95. The number of amides is 1. The molecular formula is C18H17ClFN3O. The van der Waals surface area contributed by atoms with Gasteiger partial charge in [-0.2, -0.15) is 0 Å². The van der Waals surface area contributed by atoms with Gasteiger partial charge in [0, 0.05) is 5.54 Å². The number of carbonyl (C=O) groups excluding carboxylic acids is 1.